The summed E-state index contributed by atoms with van der Waals surface area (Å²) in [6.45, 7) is 1.14. The van der Waals surface area contributed by atoms with E-state index in [9.17, 15) is 9.18 Å². The van der Waals surface area contributed by atoms with Gasteiger partial charge in [0.1, 0.15) is 12.5 Å². The topological polar surface area (TPSA) is 176 Å². The van der Waals surface area contributed by atoms with Gasteiger partial charge in [-0.05, 0) is 19.1 Å². The molecule has 0 unspecified atom stereocenters. The number of carbonyl (C=O) groups is 1. The van der Waals surface area contributed by atoms with Crippen molar-refractivity contribution < 1.29 is 28.0 Å². The third kappa shape index (κ3) is 3.84. The number of rotatable bonds is 6. The summed E-state index contributed by atoms with van der Waals surface area (Å²) in [5, 5.41) is 8.09. The maximum atomic E-state index is 14.7. The zero-order valence-corrected chi connectivity index (χ0v) is 16.9. The summed E-state index contributed by atoms with van der Waals surface area (Å²) in [5.41, 5.74) is 13.3. The van der Waals surface area contributed by atoms with Gasteiger partial charge in [0.2, 0.25) is 0 Å². The second kappa shape index (κ2) is 8.00. The molecule has 4 aromatic rings. The number of hydrogen-bond donors (Lipinski definition) is 4. The van der Waals surface area contributed by atoms with E-state index >= 15 is 0 Å². The molecule has 0 saturated heterocycles. The first kappa shape index (κ1) is 20.8. The van der Waals surface area contributed by atoms with Crippen LogP contribution in [0, 0.1) is 5.82 Å². The number of fused-ring (bicyclic) bond motifs is 1. The fourth-order valence-electron chi connectivity index (χ4n) is 3.14. The van der Waals surface area contributed by atoms with Crippen molar-refractivity contribution in [2.75, 3.05) is 11.5 Å². The van der Waals surface area contributed by atoms with E-state index in [0.29, 0.717) is 11.1 Å². The van der Waals surface area contributed by atoms with Crippen molar-refractivity contribution in [3.63, 3.8) is 0 Å². The van der Waals surface area contributed by atoms with Crippen molar-refractivity contribution in [3.05, 3.63) is 42.1 Å². The number of hydrogen-bond acceptors (Lipinski definition) is 10. The van der Waals surface area contributed by atoms with E-state index in [4.69, 9.17) is 30.3 Å². The molecule has 6 N–H and O–H groups in total. The Bertz CT molecular complexity index is 1300. The molecule has 0 aliphatic carbocycles. The van der Waals surface area contributed by atoms with Crippen LogP contribution in [-0.2, 0) is 11.3 Å². The maximum absolute atomic E-state index is 14.7. The first-order chi connectivity index (χ1) is 14.8. The molecule has 3 heterocycles. The number of nitrogens with zero attached hydrogens (tertiary/aromatic N) is 4. The van der Waals surface area contributed by atoms with Crippen LogP contribution in [0.5, 0.6) is 0 Å². The van der Waals surface area contributed by atoms with Gasteiger partial charge < -0.3 is 25.8 Å². The van der Waals surface area contributed by atoms with Crippen LogP contribution in [0.15, 0.2) is 35.2 Å². The van der Waals surface area contributed by atoms with Crippen molar-refractivity contribution in [1.29, 1.82) is 0 Å². The van der Waals surface area contributed by atoms with Gasteiger partial charge in [-0.2, -0.15) is 5.10 Å². The number of nitrogens with two attached hydrogens (primary N) is 2. The van der Waals surface area contributed by atoms with Crippen LogP contribution in [0.1, 0.15) is 17.3 Å². The molecule has 0 atom stereocenters. The Morgan fingerprint density at radius 1 is 1.29 bits per heavy atom. The summed E-state index contributed by atoms with van der Waals surface area (Å²) in [4.78, 5) is 33.9. The van der Waals surface area contributed by atoms with Crippen molar-refractivity contribution in [1.82, 2.24) is 19.9 Å². The molecule has 0 amide bonds. The highest BCUT2D eigenvalue weighted by atomic mass is 31.2. The zero-order chi connectivity index (χ0) is 22.3. The molecular formula is C18H16FN6O5P. The van der Waals surface area contributed by atoms with Gasteiger partial charge in [-0.25, -0.2) is 9.07 Å². The highest BCUT2D eigenvalue weighted by Crippen LogP contribution is 2.38. The highest BCUT2D eigenvalue weighted by molar-refractivity contribution is 7.39. The number of carbonyl (C=O) groups excluding carboxylic acids is 1. The maximum Gasteiger partial charge on any atom is 0.328 e. The van der Waals surface area contributed by atoms with Crippen LogP contribution in [0.3, 0.4) is 0 Å². The van der Waals surface area contributed by atoms with Crippen LogP contribution in [0.25, 0.3) is 33.4 Å². The Balaban J connectivity index is 1.85. The lowest BCUT2D eigenvalue weighted by Crippen LogP contribution is -2.03. The van der Waals surface area contributed by atoms with Gasteiger partial charge in [0.05, 0.1) is 17.3 Å². The molecule has 0 radical (unpaired) electrons. The number of Topliss-reactive ketones (excluding diaryl/α,β-unsaturated/α-hetero) is 1. The van der Waals surface area contributed by atoms with Crippen molar-refractivity contribution in [2.45, 2.75) is 13.7 Å². The molecule has 0 aliphatic heterocycles. The number of benzene rings is 1. The molecule has 1 aromatic carbocycles. The molecule has 0 saturated carbocycles. The van der Waals surface area contributed by atoms with Gasteiger partial charge in [-0.1, -0.05) is 5.16 Å². The lowest BCUT2D eigenvalue weighted by molar-refractivity contribution is 0.101. The number of anilines is 2. The van der Waals surface area contributed by atoms with Crippen LogP contribution in [-0.4, -0.2) is 35.5 Å². The first-order valence-corrected chi connectivity index (χ1v) is 9.90. The lowest BCUT2D eigenvalue weighted by atomic mass is 9.99. The van der Waals surface area contributed by atoms with Gasteiger partial charge in [0, 0.05) is 40.3 Å². The number of halogens is 1. The van der Waals surface area contributed by atoms with Gasteiger partial charge in [-0.3, -0.25) is 14.3 Å². The summed E-state index contributed by atoms with van der Waals surface area (Å²) in [6, 6.07) is 2.37. The van der Waals surface area contributed by atoms with E-state index in [1.807, 2.05) is 0 Å². The molecule has 11 nitrogen and oxygen atoms in total. The standard InChI is InChI=1S/C18H16FN6O5P/c1-8(26)10-2-11(13(19)3-14(10)20)16-15-17(30-24-18(15)21)12(5-22-16)9-4-23-25(6-9)7-29-31(27)28/h2-6,27-28H,7,20H2,1H3,(H2,21,24). The molecule has 31 heavy (non-hydrogen) atoms. The van der Waals surface area contributed by atoms with Gasteiger partial charge in [0.25, 0.3) is 0 Å². The smallest absolute Gasteiger partial charge is 0.328 e. The largest absolute Gasteiger partial charge is 0.398 e. The number of nitrogen functional groups attached to an aromatic ring is 2. The fourth-order valence-corrected chi connectivity index (χ4v) is 3.36. The highest BCUT2D eigenvalue weighted by Gasteiger charge is 2.22. The monoisotopic (exact) mass is 446 g/mol. The van der Waals surface area contributed by atoms with E-state index in [1.165, 1.54) is 30.1 Å². The second-order valence-corrected chi connectivity index (χ2v) is 7.31. The van der Waals surface area contributed by atoms with Gasteiger partial charge >= 0.3 is 8.60 Å². The minimum absolute atomic E-state index is 0.0122. The average molecular weight is 446 g/mol. The SMILES string of the molecule is CC(=O)c1cc(-c2ncc(-c3cnn(COP(O)O)c3)c3onc(N)c23)c(F)cc1N. The van der Waals surface area contributed by atoms with E-state index in [1.54, 1.807) is 6.20 Å². The lowest BCUT2D eigenvalue weighted by Gasteiger charge is -2.10. The molecule has 4 rings (SSSR count). The van der Waals surface area contributed by atoms with Crippen LogP contribution in [0.4, 0.5) is 15.9 Å². The summed E-state index contributed by atoms with van der Waals surface area (Å²) in [7, 11) is -2.52. The van der Waals surface area contributed by atoms with Crippen molar-refractivity contribution >= 4 is 36.9 Å². The molecule has 0 fully saturated rings. The van der Waals surface area contributed by atoms with Gasteiger partial charge in [0.15, 0.2) is 17.2 Å². The molecule has 0 bridgehead atoms. The molecule has 0 aliphatic rings. The zero-order valence-electron chi connectivity index (χ0n) is 16.0. The van der Waals surface area contributed by atoms with E-state index in [-0.39, 0.29) is 51.8 Å². The normalized spacial score (nSPS) is 11.5. The quantitative estimate of drug-likeness (QED) is 0.195. The van der Waals surface area contributed by atoms with Crippen LogP contribution >= 0.6 is 8.60 Å². The third-order valence-electron chi connectivity index (χ3n) is 4.55. The van der Waals surface area contributed by atoms with Crippen LogP contribution in [0.2, 0.25) is 0 Å². The Hall–Kier alpha value is -3.44. The summed E-state index contributed by atoms with van der Waals surface area (Å²) >= 11 is 0. The van der Waals surface area contributed by atoms with E-state index < -0.39 is 14.4 Å². The Morgan fingerprint density at radius 2 is 2.06 bits per heavy atom. The summed E-state index contributed by atoms with van der Waals surface area (Å²) < 4.78 is 26.2. The third-order valence-corrected chi connectivity index (χ3v) is 4.89. The Kier molecular flexibility index (Phi) is 5.38. The van der Waals surface area contributed by atoms with Gasteiger partial charge in [-0.15, -0.1) is 0 Å². The molecular weight excluding hydrogens is 430 g/mol. The van der Waals surface area contributed by atoms with E-state index in [2.05, 4.69) is 15.2 Å². The summed E-state index contributed by atoms with van der Waals surface area (Å²) in [5.74, 6) is -1.02. The predicted molar refractivity (Wildman–Crippen MR) is 110 cm³/mol. The predicted octanol–water partition coefficient (Wildman–Crippen LogP) is 2.44. The Morgan fingerprint density at radius 3 is 2.77 bits per heavy atom. The second-order valence-electron chi connectivity index (χ2n) is 6.55. The molecule has 3 aromatic heterocycles. The number of ketones is 1. The average Bonchev–Trinajstić information content (AvgIpc) is 3.33. The minimum Gasteiger partial charge on any atom is -0.398 e. The van der Waals surface area contributed by atoms with Crippen molar-refractivity contribution in [2.24, 2.45) is 0 Å². The summed E-state index contributed by atoms with van der Waals surface area (Å²) in [6.07, 6.45) is 4.47. The molecule has 0 spiro atoms. The molecule has 13 heteroatoms. The van der Waals surface area contributed by atoms with Crippen LogP contribution < -0.4 is 11.5 Å². The first-order valence-electron chi connectivity index (χ1n) is 8.74. The fraction of sp³-hybridized carbons (Fsp3) is 0.111. The number of pyridine rings is 1. The number of aromatic nitrogens is 4. The van der Waals surface area contributed by atoms with E-state index in [0.717, 1.165) is 6.07 Å². The molecule has 160 valence electrons. The Labute approximate surface area is 175 Å². The van der Waals surface area contributed by atoms with Crippen molar-refractivity contribution in [3.8, 4) is 22.4 Å². The minimum atomic E-state index is -2.52.